The molecule has 0 radical (unpaired) electrons. The van der Waals surface area contributed by atoms with Gasteiger partial charge in [-0.2, -0.15) is 4.79 Å². The van der Waals surface area contributed by atoms with Gasteiger partial charge in [-0.25, -0.2) is 0 Å². The molecule has 0 amide bonds. The first-order chi connectivity index (χ1) is 5.35. The zero-order chi connectivity index (χ0) is 7.73. The molecule has 0 heterocycles. The fourth-order valence-corrected chi connectivity index (χ4v) is 2.66. The highest BCUT2D eigenvalue weighted by Gasteiger charge is 2.42. The van der Waals surface area contributed by atoms with Gasteiger partial charge < -0.3 is 5.53 Å². The predicted molar refractivity (Wildman–Crippen MR) is 43.4 cm³/mol. The minimum atomic E-state index is 0.571. The van der Waals surface area contributed by atoms with Gasteiger partial charge in [0.2, 0.25) is 0 Å². The van der Waals surface area contributed by atoms with Crippen LogP contribution in [0.3, 0.4) is 0 Å². The van der Waals surface area contributed by atoms with Crippen molar-refractivity contribution in [1.82, 2.24) is 0 Å². The Morgan fingerprint density at radius 2 is 1.91 bits per heavy atom. The molecule has 0 unspecified atom stereocenters. The largest absolute Gasteiger partial charge is 0.362 e. The molecule has 0 bridgehead atoms. The molecule has 2 nitrogen and oxygen atoms in total. The fourth-order valence-electron chi connectivity index (χ4n) is 2.66. The topological polar surface area (TPSA) is 36.4 Å². The van der Waals surface area contributed by atoms with Gasteiger partial charge in [-0.1, -0.05) is 12.8 Å². The van der Waals surface area contributed by atoms with Crippen molar-refractivity contribution in [3.05, 3.63) is 5.53 Å². The van der Waals surface area contributed by atoms with Crippen LogP contribution >= 0.6 is 0 Å². The van der Waals surface area contributed by atoms with Crippen LogP contribution in [0, 0.1) is 5.41 Å². The molecule has 11 heavy (non-hydrogen) atoms. The van der Waals surface area contributed by atoms with Crippen molar-refractivity contribution in [1.29, 1.82) is 0 Å². The van der Waals surface area contributed by atoms with E-state index < -0.39 is 0 Å². The Balaban J connectivity index is 2.13. The molecule has 0 atom stereocenters. The summed E-state index contributed by atoms with van der Waals surface area (Å²) in [5.74, 6) is 0. The van der Waals surface area contributed by atoms with Gasteiger partial charge in [0.15, 0.2) is 0 Å². The Hall–Kier alpha value is -0.620. The molecule has 0 N–H and O–H groups in total. The van der Waals surface area contributed by atoms with Gasteiger partial charge in [-0.05, 0) is 24.7 Å². The molecular weight excluding hydrogens is 136 g/mol. The number of nitrogens with zero attached hydrogens (tertiary/aromatic N) is 2. The number of hydrogen-bond acceptors (Lipinski definition) is 0. The minimum absolute atomic E-state index is 0.571. The second kappa shape index (κ2) is 2.46. The van der Waals surface area contributed by atoms with Crippen molar-refractivity contribution in [2.45, 2.75) is 44.9 Å². The van der Waals surface area contributed by atoms with Gasteiger partial charge in [0.25, 0.3) is 5.71 Å². The highest BCUT2D eigenvalue weighted by molar-refractivity contribution is 5.82. The summed E-state index contributed by atoms with van der Waals surface area (Å²) in [6.45, 7) is 0. The Morgan fingerprint density at radius 1 is 1.18 bits per heavy atom. The van der Waals surface area contributed by atoms with Crippen LogP contribution in [-0.4, -0.2) is 10.5 Å². The van der Waals surface area contributed by atoms with E-state index >= 15 is 0 Å². The summed E-state index contributed by atoms with van der Waals surface area (Å²) in [6.07, 6.45) is 8.89. The SMILES string of the molecule is [N-]=[N+]=C1CCC2(CCCC2)C1. The van der Waals surface area contributed by atoms with Crippen LogP contribution in [0.15, 0.2) is 0 Å². The van der Waals surface area contributed by atoms with Crippen LogP contribution < -0.4 is 0 Å². The predicted octanol–water partition coefficient (Wildman–Crippen LogP) is 2.40. The van der Waals surface area contributed by atoms with Gasteiger partial charge in [0.05, 0.1) is 6.42 Å². The lowest BCUT2D eigenvalue weighted by molar-refractivity contribution is -0.0102. The van der Waals surface area contributed by atoms with Crippen LogP contribution in [0.25, 0.3) is 5.53 Å². The average molecular weight is 150 g/mol. The van der Waals surface area contributed by atoms with Crippen LogP contribution in [0.2, 0.25) is 0 Å². The second-order valence-electron chi connectivity index (χ2n) is 4.05. The number of rotatable bonds is 0. The molecule has 0 aromatic rings. The lowest BCUT2D eigenvalue weighted by atomic mass is 9.85. The zero-order valence-corrected chi connectivity index (χ0v) is 6.84. The average Bonchev–Trinajstić information content (AvgIpc) is 2.62. The lowest BCUT2D eigenvalue weighted by Crippen LogP contribution is -2.10. The van der Waals surface area contributed by atoms with E-state index in [0.29, 0.717) is 5.41 Å². The molecule has 2 aliphatic carbocycles. The third-order valence-electron chi connectivity index (χ3n) is 3.33. The van der Waals surface area contributed by atoms with Crippen molar-refractivity contribution >= 4 is 5.71 Å². The highest BCUT2D eigenvalue weighted by atomic mass is 14.9. The molecule has 0 aliphatic heterocycles. The van der Waals surface area contributed by atoms with Gasteiger partial charge in [0.1, 0.15) is 0 Å². The van der Waals surface area contributed by atoms with Gasteiger partial charge in [-0.3, -0.25) is 0 Å². The lowest BCUT2D eigenvalue weighted by Gasteiger charge is -2.18. The maximum Gasteiger partial charge on any atom is 0.269 e. The third-order valence-corrected chi connectivity index (χ3v) is 3.33. The Morgan fingerprint density at radius 3 is 2.45 bits per heavy atom. The molecule has 2 fully saturated rings. The maximum absolute atomic E-state index is 8.60. The van der Waals surface area contributed by atoms with Crippen molar-refractivity contribution in [3.8, 4) is 0 Å². The molecule has 2 saturated carbocycles. The Bertz CT molecular complexity index is 208. The minimum Gasteiger partial charge on any atom is -0.362 e. The van der Waals surface area contributed by atoms with E-state index in [-0.39, 0.29) is 0 Å². The molecule has 0 aromatic carbocycles. The van der Waals surface area contributed by atoms with Crippen LogP contribution in [-0.2, 0) is 0 Å². The molecule has 2 heteroatoms. The molecule has 2 aliphatic rings. The standard InChI is InChI=1S/C9H14N2/c10-11-8-3-6-9(7-8)4-1-2-5-9/h1-7H2. The summed E-state index contributed by atoms with van der Waals surface area (Å²) in [7, 11) is 0. The summed E-state index contributed by atoms with van der Waals surface area (Å²) >= 11 is 0. The van der Waals surface area contributed by atoms with E-state index in [0.717, 1.165) is 18.6 Å². The van der Waals surface area contributed by atoms with E-state index in [1.807, 2.05) is 0 Å². The first-order valence-electron chi connectivity index (χ1n) is 4.54. The fraction of sp³-hybridized carbons (Fsp3) is 0.889. The maximum atomic E-state index is 8.60. The second-order valence-corrected chi connectivity index (χ2v) is 4.05. The third kappa shape index (κ3) is 1.12. The first-order valence-corrected chi connectivity index (χ1v) is 4.54. The highest BCUT2D eigenvalue weighted by Crippen LogP contribution is 2.48. The number of hydrogen-bond donors (Lipinski definition) is 0. The zero-order valence-electron chi connectivity index (χ0n) is 6.84. The van der Waals surface area contributed by atoms with E-state index in [1.165, 1.54) is 32.1 Å². The molecule has 0 aromatic heterocycles. The molecule has 60 valence electrons. The quantitative estimate of drug-likeness (QED) is 0.375. The van der Waals surface area contributed by atoms with Crippen LogP contribution in [0.4, 0.5) is 0 Å². The van der Waals surface area contributed by atoms with E-state index in [1.54, 1.807) is 0 Å². The van der Waals surface area contributed by atoms with E-state index in [4.69, 9.17) is 5.53 Å². The molecule has 0 saturated heterocycles. The summed E-state index contributed by atoms with van der Waals surface area (Å²) in [6, 6.07) is 0. The molecule has 2 rings (SSSR count). The van der Waals surface area contributed by atoms with E-state index in [9.17, 15) is 0 Å². The molecule has 1 spiro atoms. The van der Waals surface area contributed by atoms with Crippen molar-refractivity contribution in [2.75, 3.05) is 0 Å². The summed E-state index contributed by atoms with van der Waals surface area (Å²) in [4.78, 5) is 3.32. The monoisotopic (exact) mass is 150 g/mol. The Kier molecular flexibility index (Phi) is 1.57. The van der Waals surface area contributed by atoms with Crippen molar-refractivity contribution in [2.24, 2.45) is 5.41 Å². The van der Waals surface area contributed by atoms with Crippen LogP contribution in [0.5, 0.6) is 0 Å². The van der Waals surface area contributed by atoms with Gasteiger partial charge in [0, 0.05) is 6.42 Å². The van der Waals surface area contributed by atoms with E-state index in [2.05, 4.69) is 4.79 Å². The van der Waals surface area contributed by atoms with Crippen molar-refractivity contribution < 1.29 is 4.79 Å². The van der Waals surface area contributed by atoms with Gasteiger partial charge in [-0.15, -0.1) is 0 Å². The van der Waals surface area contributed by atoms with Crippen LogP contribution in [0.1, 0.15) is 44.9 Å². The summed E-state index contributed by atoms with van der Waals surface area (Å²) in [5.41, 5.74) is 10.2. The summed E-state index contributed by atoms with van der Waals surface area (Å²) in [5, 5.41) is 0. The van der Waals surface area contributed by atoms with Crippen molar-refractivity contribution in [3.63, 3.8) is 0 Å². The van der Waals surface area contributed by atoms with Gasteiger partial charge >= 0.3 is 0 Å². The Labute approximate surface area is 67.2 Å². The smallest absolute Gasteiger partial charge is 0.269 e. The molecular formula is C9H14N2. The summed E-state index contributed by atoms with van der Waals surface area (Å²) < 4.78 is 0. The first kappa shape index (κ1) is 7.05. The normalized spacial score (nSPS) is 27.8.